The highest BCUT2D eigenvalue weighted by Crippen LogP contribution is 2.44. The van der Waals surface area contributed by atoms with E-state index in [2.05, 4.69) is 20.5 Å². The number of H-pyrrole nitrogens is 1. The molecule has 1 aliphatic heterocycles. The van der Waals surface area contributed by atoms with Crippen LogP contribution in [0.15, 0.2) is 0 Å². The summed E-state index contributed by atoms with van der Waals surface area (Å²) in [6, 6.07) is -0.440. The summed E-state index contributed by atoms with van der Waals surface area (Å²) in [5.41, 5.74) is -0.785. The van der Waals surface area contributed by atoms with Gasteiger partial charge in [0, 0.05) is 0 Å². The molecule has 3 rings (SSSR count). The summed E-state index contributed by atoms with van der Waals surface area (Å²) < 4.78 is 36.9. The molecule has 116 valence electrons. The van der Waals surface area contributed by atoms with Crippen molar-refractivity contribution in [2.24, 2.45) is 5.92 Å². The van der Waals surface area contributed by atoms with E-state index in [1.165, 1.54) is 4.90 Å². The minimum absolute atomic E-state index is 0.0753. The lowest BCUT2D eigenvalue weighted by Crippen LogP contribution is -2.66. The van der Waals surface area contributed by atoms with Crippen LogP contribution in [-0.4, -0.2) is 49.9 Å². The average molecular weight is 305 g/mol. The van der Waals surface area contributed by atoms with E-state index in [1.807, 2.05) is 0 Å². The average Bonchev–Trinajstić information content (AvgIpc) is 3.09. The molecule has 0 unspecified atom stereocenters. The van der Waals surface area contributed by atoms with Gasteiger partial charge in [0.05, 0.1) is 19.6 Å². The molecule has 7 nitrogen and oxygen atoms in total. The lowest BCUT2D eigenvalue weighted by molar-refractivity contribution is -0.144. The summed E-state index contributed by atoms with van der Waals surface area (Å²) in [5.74, 6) is -1.07. The Balaban J connectivity index is 1.47. The summed E-state index contributed by atoms with van der Waals surface area (Å²) in [4.78, 5) is 16.4. The molecule has 21 heavy (non-hydrogen) atoms. The number of hydrogen-bond acceptors (Lipinski definition) is 4. The van der Waals surface area contributed by atoms with E-state index in [0.29, 0.717) is 0 Å². The summed E-state index contributed by atoms with van der Waals surface area (Å²) in [6.07, 6.45) is -2.66. The van der Waals surface area contributed by atoms with Gasteiger partial charge in [-0.2, -0.15) is 13.2 Å². The first-order chi connectivity index (χ1) is 9.78. The van der Waals surface area contributed by atoms with Crippen LogP contribution in [0.5, 0.6) is 0 Å². The second kappa shape index (κ2) is 4.58. The maximum Gasteiger partial charge on any atom is 0.453 e. The van der Waals surface area contributed by atoms with E-state index >= 15 is 0 Å². The third-order valence-corrected chi connectivity index (χ3v) is 3.75. The minimum Gasteiger partial charge on any atom is -0.386 e. The van der Waals surface area contributed by atoms with Gasteiger partial charge in [-0.15, -0.1) is 5.10 Å². The fourth-order valence-corrected chi connectivity index (χ4v) is 2.41. The van der Waals surface area contributed by atoms with Crippen LogP contribution < -0.4 is 5.32 Å². The molecule has 2 amide bonds. The number of nitrogens with one attached hydrogen (secondary N) is 2. The molecule has 0 atom stereocenters. The molecule has 2 aliphatic rings. The van der Waals surface area contributed by atoms with Crippen molar-refractivity contribution in [3.05, 3.63) is 11.6 Å². The van der Waals surface area contributed by atoms with Gasteiger partial charge in [-0.05, 0) is 18.8 Å². The van der Waals surface area contributed by atoms with Crippen molar-refractivity contribution in [1.29, 1.82) is 0 Å². The fourth-order valence-electron chi connectivity index (χ4n) is 2.41. The summed E-state index contributed by atoms with van der Waals surface area (Å²) in [6.45, 7) is 0.335. The summed E-state index contributed by atoms with van der Waals surface area (Å²) >= 11 is 0. The van der Waals surface area contributed by atoms with E-state index in [0.717, 1.165) is 12.8 Å². The number of hydrogen-bond donors (Lipinski definition) is 3. The third kappa shape index (κ3) is 2.80. The van der Waals surface area contributed by atoms with Gasteiger partial charge in [0.1, 0.15) is 11.4 Å². The number of aliphatic hydroxyl groups is 1. The van der Waals surface area contributed by atoms with E-state index < -0.39 is 23.6 Å². The molecule has 2 heterocycles. The molecule has 0 radical (unpaired) electrons. The molecule has 1 saturated heterocycles. The minimum atomic E-state index is -4.61. The van der Waals surface area contributed by atoms with Crippen LogP contribution >= 0.6 is 0 Å². The first-order valence-corrected chi connectivity index (χ1v) is 6.51. The summed E-state index contributed by atoms with van der Waals surface area (Å²) in [5, 5.41) is 17.7. The van der Waals surface area contributed by atoms with Crippen LogP contribution in [0.1, 0.15) is 24.5 Å². The molecule has 10 heteroatoms. The van der Waals surface area contributed by atoms with Crippen molar-refractivity contribution in [2.75, 3.05) is 13.1 Å². The van der Waals surface area contributed by atoms with Crippen LogP contribution in [0.25, 0.3) is 0 Å². The standard InChI is InChI=1S/C11H14F3N5O2/c12-11(13,14)8-16-7(17-18-8)3-15-9(20)19-4-10(21,5-19)6-1-2-6/h6,21H,1-5H2,(H,15,20)(H,16,17,18). The first-order valence-electron chi connectivity index (χ1n) is 6.51. The fraction of sp³-hybridized carbons (Fsp3) is 0.727. The largest absolute Gasteiger partial charge is 0.453 e. The van der Waals surface area contributed by atoms with Gasteiger partial charge < -0.3 is 15.3 Å². The molecule has 1 aromatic rings. The number of nitrogens with zero attached hydrogens (tertiary/aromatic N) is 3. The van der Waals surface area contributed by atoms with Gasteiger partial charge in [-0.3, -0.25) is 5.10 Å². The number of urea groups is 1. The van der Waals surface area contributed by atoms with Gasteiger partial charge in [0.25, 0.3) is 5.82 Å². The number of aromatic nitrogens is 3. The predicted molar refractivity (Wildman–Crippen MR) is 62.9 cm³/mol. The maximum absolute atomic E-state index is 12.3. The maximum atomic E-state index is 12.3. The number of aromatic amines is 1. The highest BCUT2D eigenvalue weighted by Gasteiger charge is 2.53. The quantitative estimate of drug-likeness (QED) is 0.757. The number of amides is 2. The van der Waals surface area contributed by atoms with Crippen LogP contribution in [-0.2, 0) is 12.7 Å². The second-order valence-electron chi connectivity index (χ2n) is 5.50. The SMILES string of the molecule is O=C(NCc1nc(C(F)(F)F)n[nH]1)N1CC(O)(C2CC2)C1. The summed E-state index contributed by atoms with van der Waals surface area (Å²) in [7, 11) is 0. The molecule has 1 aliphatic carbocycles. The Labute approximate surface area is 117 Å². The Kier molecular flexibility index (Phi) is 3.08. The van der Waals surface area contributed by atoms with Gasteiger partial charge >= 0.3 is 12.2 Å². The Morgan fingerprint density at radius 1 is 1.48 bits per heavy atom. The zero-order valence-corrected chi connectivity index (χ0v) is 10.9. The Bertz CT molecular complexity index is 548. The molecule has 1 saturated carbocycles. The molecule has 2 fully saturated rings. The van der Waals surface area contributed by atoms with Crippen LogP contribution in [0.2, 0.25) is 0 Å². The smallest absolute Gasteiger partial charge is 0.386 e. The van der Waals surface area contributed by atoms with Gasteiger partial charge in [-0.25, -0.2) is 9.78 Å². The van der Waals surface area contributed by atoms with Gasteiger partial charge in [0.2, 0.25) is 0 Å². The van der Waals surface area contributed by atoms with Crippen molar-refractivity contribution in [3.63, 3.8) is 0 Å². The van der Waals surface area contributed by atoms with Crippen molar-refractivity contribution in [1.82, 2.24) is 25.4 Å². The second-order valence-corrected chi connectivity index (χ2v) is 5.50. The Morgan fingerprint density at radius 3 is 2.67 bits per heavy atom. The van der Waals surface area contributed by atoms with Crippen LogP contribution in [0.3, 0.4) is 0 Å². The zero-order valence-electron chi connectivity index (χ0n) is 10.9. The number of β-amino-alcohol motifs (C(OH)–C–C–N with tert-alkyl or cyclic N) is 1. The molecular formula is C11H14F3N5O2. The molecule has 0 spiro atoms. The Morgan fingerprint density at radius 2 is 2.14 bits per heavy atom. The highest BCUT2D eigenvalue weighted by molar-refractivity contribution is 5.75. The zero-order chi connectivity index (χ0) is 15.3. The molecular weight excluding hydrogens is 291 g/mol. The Hall–Kier alpha value is -1.84. The highest BCUT2D eigenvalue weighted by atomic mass is 19.4. The van der Waals surface area contributed by atoms with Crippen molar-refractivity contribution < 1.29 is 23.1 Å². The number of rotatable bonds is 3. The normalized spacial score (nSPS) is 21.0. The monoisotopic (exact) mass is 305 g/mol. The van der Waals surface area contributed by atoms with E-state index in [9.17, 15) is 23.1 Å². The predicted octanol–water partition coefficient (Wildman–Crippen LogP) is 0.490. The number of carbonyl (C=O) groups excluding carboxylic acids is 1. The number of halogens is 3. The van der Waals surface area contributed by atoms with Gasteiger partial charge in [-0.1, -0.05) is 0 Å². The first kappa shape index (κ1) is 14.1. The molecule has 0 aromatic carbocycles. The molecule has 3 N–H and O–H groups in total. The molecule has 0 bridgehead atoms. The van der Waals surface area contributed by atoms with Crippen LogP contribution in [0.4, 0.5) is 18.0 Å². The number of likely N-dealkylation sites (tertiary alicyclic amines) is 1. The van der Waals surface area contributed by atoms with Crippen molar-refractivity contribution in [3.8, 4) is 0 Å². The van der Waals surface area contributed by atoms with Gasteiger partial charge in [0.15, 0.2) is 0 Å². The lowest BCUT2D eigenvalue weighted by atomic mass is 9.89. The number of carbonyl (C=O) groups is 1. The van der Waals surface area contributed by atoms with Crippen molar-refractivity contribution in [2.45, 2.75) is 31.2 Å². The van der Waals surface area contributed by atoms with E-state index in [4.69, 9.17) is 0 Å². The topological polar surface area (TPSA) is 94.1 Å². The van der Waals surface area contributed by atoms with E-state index in [-0.39, 0.29) is 31.4 Å². The van der Waals surface area contributed by atoms with Crippen LogP contribution in [0, 0.1) is 5.92 Å². The van der Waals surface area contributed by atoms with E-state index in [1.54, 1.807) is 0 Å². The molecule has 1 aromatic heterocycles. The lowest BCUT2D eigenvalue weighted by Gasteiger charge is -2.46. The van der Waals surface area contributed by atoms with Crippen molar-refractivity contribution >= 4 is 6.03 Å². The third-order valence-electron chi connectivity index (χ3n) is 3.75. The number of alkyl halides is 3.